The highest BCUT2D eigenvalue weighted by molar-refractivity contribution is 5.90. The van der Waals surface area contributed by atoms with E-state index in [2.05, 4.69) is 4.98 Å². The van der Waals surface area contributed by atoms with E-state index in [-0.39, 0.29) is 6.61 Å². The van der Waals surface area contributed by atoms with Crippen LogP contribution in [-0.4, -0.2) is 23.3 Å². The van der Waals surface area contributed by atoms with E-state index in [1.54, 1.807) is 19.1 Å². The van der Waals surface area contributed by atoms with Crippen LogP contribution in [0.2, 0.25) is 0 Å². The molecule has 1 aliphatic heterocycles. The van der Waals surface area contributed by atoms with Crippen LogP contribution in [0.1, 0.15) is 38.1 Å². The zero-order chi connectivity index (χ0) is 14.8. The summed E-state index contributed by atoms with van der Waals surface area (Å²) in [5, 5.41) is 8.90. The zero-order valence-electron chi connectivity index (χ0n) is 11.7. The number of aryl methyl sites for hydroxylation is 1. The maximum atomic E-state index is 12.2. The second-order valence-electron chi connectivity index (χ2n) is 4.77. The van der Waals surface area contributed by atoms with Crippen molar-refractivity contribution < 1.29 is 9.53 Å². The highest BCUT2D eigenvalue weighted by Crippen LogP contribution is 2.35. The van der Waals surface area contributed by atoms with Gasteiger partial charge in [0.25, 0.3) is 0 Å². The molecular formula is C14H18N4O2. The van der Waals surface area contributed by atoms with Crippen LogP contribution in [-0.2, 0) is 11.2 Å². The molecule has 6 heteroatoms. The number of nitrogens with zero attached hydrogens (tertiary/aromatic N) is 3. The molecule has 0 bridgehead atoms. The van der Waals surface area contributed by atoms with Gasteiger partial charge in [0, 0.05) is 0 Å². The largest absolute Gasteiger partial charge is 0.449 e. The first-order valence-electron chi connectivity index (χ1n) is 6.71. The molecule has 1 aromatic heterocycles. The molecule has 1 unspecified atom stereocenters. The number of anilines is 1. The van der Waals surface area contributed by atoms with Gasteiger partial charge in [0.05, 0.1) is 23.7 Å². The lowest BCUT2D eigenvalue weighted by Gasteiger charge is -2.43. The molecule has 2 N–H and O–H groups in total. The van der Waals surface area contributed by atoms with Crippen molar-refractivity contribution in [3.8, 4) is 6.07 Å². The molecule has 1 amide bonds. The van der Waals surface area contributed by atoms with Gasteiger partial charge in [-0.3, -0.25) is 4.90 Å². The normalized spacial score (nSPS) is 21.0. The van der Waals surface area contributed by atoms with Gasteiger partial charge in [-0.25, -0.2) is 9.78 Å². The minimum atomic E-state index is -0.769. The van der Waals surface area contributed by atoms with Crippen molar-refractivity contribution in [2.24, 2.45) is 5.73 Å². The van der Waals surface area contributed by atoms with E-state index >= 15 is 0 Å². The number of hydrogen-bond acceptors (Lipinski definition) is 5. The number of carbonyl (C=O) groups is 1. The van der Waals surface area contributed by atoms with Crippen LogP contribution in [0.4, 0.5) is 10.5 Å². The number of nitriles is 1. The number of pyridine rings is 1. The predicted octanol–water partition coefficient (Wildman–Crippen LogP) is 1.93. The Morgan fingerprint density at radius 2 is 2.35 bits per heavy atom. The summed E-state index contributed by atoms with van der Waals surface area (Å²) in [7, 11) is 0. The Kier molecular flexibility index (Phi) is 3.91. The fraction of sp³-hybridized carbons (Fsp3) is 0.500. The molecule has 0 saturated carbocycles. The van der Waals surface area contributed by atoms with Crippen molar-refractivity contribution in [2.75, 3.05) is 11.5 Å². The Bertz CT molecular complexity index is 567. The molecule has 0 saturated heterocycles. The third kappa shape index (κ3) is 2.32. The van der Waals surface area contributed by atoms with Gasteiger partial charge >= 0.3 is 6.09 Å². The Morgan fingerprint density at radius 1 is 1.60 bits per heavy atom. The lowest BCUT2D eigenvalue weighted by Crippen LogP contribution is -2.61. The monoisotopic (exact) mass is 274 g/mol. The topological polar surface area (TPSA) is 92.2 Å². The van der Waals surface area contributed by atoms with Crippen molar-refractivity contribution in [1.82, 2.24) is 4.98 Å². The average Bonchev–Trinajstić information content (AvgIpc) is 2.46. The van der Waals surface area contributed by atoms with Crippen molar-refractivity contribution in [3.05, 3.63) is 23.5 Å². The first-order valence-corrected chi connectivity index (χ1v) is 6.71. The number of rotatable bonds is 2. The number of hydrogen-bond donors (Lipinski definition) is 1. The van der Waals surface area contributed by atoms with Gasteiger partial charge in [-0.2, -0.15) is 5.26 Å². The fourth-order valence-electron chi connectivity index (χ4n) is 2.43. The molecule has 6 nitrogen and oxygen atoms in total. The summed E-state index contributed by atoms with van der Waals surface area (Å²) in [5.74, 6) is 0. The van der Waals surface area contributed by atoms with Crippen molar-refractivity contribution in [2.45, 2.75) is 38.8 Å². The van der Waals surface area contributed by atoms with Crippen LogP contribution >= 0.6 is 0 Å². The second kappa shape index (κ2) is 5.47. The van der Waals surface area contributed by atoms with E-state index in [1.807, 2.05) is 13.0 Å². The van der Waals surface area contributed by atoms with Gasteiger partial charge in [-0.1, -0.05) is 6.92 Å². The van der Waals surface area contributed by atoms with E-state index in [4.69, 9.17) is 15.7 Å². The molecule has 1 aromatic rings. The standard InChI is InChI=1S/C14H18N4O2/c1-3-14(16)8-7-11-12(6-5-10(9-15)17-11)18(14)13(19)20-4-2/h5-6H,3-4,7-8,16H2,1-2H3. The maximum Gasteiger partial charge on any atom is 0.415 e. The third-order valence-electron chi connectivity index (χ3n) is 3.61. The van der Waals surface area contributed by atoms with Crippen molar-refractivity contribution in [1.29, 1.82) is 5.26 Å². The molecule has 1 aliphatic rings. The number of carbonyl (C=O) groups excluding carboxylic acids is 1. The molecule has 0 radical (unpaired) electrons. The number of nitrogens with two attached hydrogens (primary N) is 1. The smallest absolute Gasteiger partial charge is 0.415 e. The summed E-state index contributed by atoms with van der Waals surface area (Å²) in [4.78, 5) is 18.0. The molecule has 0 fully saturated rings. The Balaban J connectivity index is 2.49. The molecule has 2 heterocycles. The average molecular weight is 274 g/mol. The summed E-state index contributed by atoms with van der Waals surface area (Å²) < 4.78 is 5.11. The number of ether oxygens (including phenoxy) is 1. The van der Waals surface area contributed by atoms with E-state index in [9.17, 15) is 4.79 Å². The van der Waals surface area contributed by atoms with E-state index in [0.717, 1.165) is 0 Å². The van der Waals surface area contributed by atoms with Gasteiger partial charge in [0.2, 0.25) is 0 Å². The minimum Gasteiger partial charge on any atom is -0.449 e. The van der Waals surface area contributed by atoms with Gasteiger partial charge in [-0.15, -0.1) is 0 Å². The fourth-order valence-corrected chi connectivity index (χ4v) is 2.43. The SMILES string of the molecule is CCOC(=O)N1c2ccc(C#N)nc2CCC1(N)CC. The first kappa shape index (κ1) is 14.3. The van der Waals surface area contributed by atoms with Crippen LogP contribution in [0.25, 0.3) is 0 Å². The van der Waals surface area contributed by atoms with Gasteiger partial charge in [-0.05, 0) is 38.3 Å². The molecule has 0 aromatic carbocycles. The highest BCUT2D eigenvalue weighted by Gasteiger charge is 2.41. The maximum absolute atomic E-state index is 12.2. The van der Waals surface area contributed by atoms with Gasteiger partial charge in [0.15, 0.2) is 0 Å². The van der Waals surface area contributed by atoms with Crippen LogP contribution in [0.3, 0.4) is 0 Å². The molecule has 20 heavy (non-hydrogen) atoms. The third-order valence-corrected chi connectivity index (χ3v) is 3.61. The Hall–Kier alpha value is -2.13. The summed E-state index contributed by atoms with van der Waals surface area (Å²) in [5.41, 5.74) is 7.28. The number of amides is 1. The minimum absolute atomic E-state index is 0.286. The summed E-state index contributed by atoms with van der Waals surface area (Å²) in [6.07, 6.45) is 1.39. The van der Waals surface area contributed by atoms with Crippen molar-refractivity contribution >= 4 is 11.8 Å². The van der Waals surface area contributed by atoms with Gasteiger partial charge < -0.3 is 10.5 Å². The first-order chi connectivity index (χ1) is 9.55. The Morgan fingerprint density at radius 3 is 2.95 bits per heavy atom. The molecule has 1 atom stereocenters. The molecular weight excluding hydrogens is 256 g/mol. The van der Waals surface area contributed by atoms with Crippen LogP contribution in [0.5, 0.6) is 0 Å². The number of fused-ring (bicyclic) bond motifs is 1. The summed E-state index contributed by atoms with van der Waals surface area (Å²) in [6, 6.07) is 5.31. The summed E-state index contributed by atoms with van der Waals surface area (Å²) in [6.45, 7) is 3.98. The van der Waals surface area contributed by atoms with E-state index in [1.165, 1.54) is 4.90 Å². The quantitative estimate of drug-likeness (QED) is 0.889. The van der Waals surface area contributed by atoms with E-state index < -0.39 is 11.8 Å². The van der Waals surface area contributed by atoms with Gasteiger partial charge in [0.1, 0.15) is 11.8 Å². The molecule has 0 aliphatic carbocycles. The summed E-state index contributed by atoms with van der Waals surface area (Å²) >= 11 is 0. The second-order valence-corrected chi connectivity index (χ2v) is 4.77. The van der Waals surface area contributed by atoms with Crippen LogP contribution in [0.15, 0.2) is 12.1 Å². The van der Waals surface area contributed by atoms with Crippen LogP contribution < -0.4 is 10.6 Å². The Labute approximate surface area is 118 Å². The molecule has 0 spiro atoms. The van der Waals surface area contributed by atoms with E-state index in [0.29, 0.717) is 36.3 Å². The molecule has 106 valence electrons. The predicted molar refractivity (Wildman–Crippen MR) is 74.0 cm³/mol. The van der Waals surface area contributed by atoms with Crippen LogP contribution in [0, 0.1) is 11.3 Å². The van der Waals surface area contributed by atoms with Crippen molar-refractivity contribution in [3.63, 3.8) is 0 Å². The zero-order valence-corrected chi connectivity index (χ0v) is 11.7. The number of aromatic nitrogens is 1. The molecule has 2 rings (SSSR count). The lowest BCUT2D eigenvalue weighted by atomic mass is 9.92. The highest BCUT2D eigenvalue weighted by atomic mass is 16.6. The lowest BCUT2D eigenvalue weighted by molar-refractivity contribution is 0.148.